The summed E-state index contributed by atoms with van der Waals surface area (Å²) < 4.78 is 0. The molecule has 5 nitrogen and oxygen atoms in total. The molecule has 3 N–H and O–H groups in total. The molecule has 0 bridgehead atoms. The number of aryl methyl sites for hydroxylation is 1. The Morgan fingerprint density at radius 1 is 1.37 bits per heavy atom. The molecule has 1 aromatic rings. The second kappa shape index (κ2) is 6.61. The lowest BCUT2D eigenvalue weighted by Crippen LogP contribution is -2.37. The summed E-state index contributed by atoms with van der Waals surface area (Å²) in [5.74, 6) is -0.168. The van der Waals surface area contributed by atoms with Crippen LogP contribution in [-0.2, 0) is 11.3 Å². The minimum atomic E-state index is -0.154. The fourth-order valence-electron chi connectivity index (χ4n) is 1.85. The molecule has 1 heterocycles. The topological polar surface area (TPSA) is 80.9 Å². The minimum Gasteiger partial charge on any atom is -0.350 e. The van der Waals surface area contributed by atoms with Gasteiger partial charge in [-0.25, -0.2) is 0 Å². The zero-order valence-corrected chi connectivity index (χ0v) is 12.2. The van der Waals surface area contributed by atoms with Gasteiger partial charge in [-0.3, -0.25) is 14.8 Å². The van der Waals surface area contributed by atoms with E-state index >= 15 is 0 Å². The maximum atomic E-state index is 12.1. The molecule has 19 heavy (non-hydrogen) atoms. The number of carbonyl (C=O) groups is 1. The van der Waals surface area contributed by atoms with Gasteiger partial charge in [-0.05, 0) is 18.8 Å². The summed E-state index contributed by atoms with van der Waals surface area (Å²) in [5.41, 5.74) is 7.39. The van der Waals surface area contributed by atoms with Crippen molar-refractivity contribution in [3.63, 3.8) is 0 Å². The second-order valence-electron chi connectivity index (χ2n) is 6.06. The predicted octanol–water partition coefficient (Wildman–Crippen LogP) is 1.41. The first-order chi connectivity index (χ1) is 8.81. The highest BCUT2D eigenvalue weighted by Gasteiger charge is 2.23. The van der Waals surface area contributed by atoms with Crippen LogP contribution in [0.15, 0.2) is 12.4 Å². The summed E-state index contributed by atoms with van der Waals surface area (Å²) in [6.45, 7) is 8.95. The Bertz CT molecular complexity index is 408. The van der Waals surface area contributed by atoms with Crippen LogP contribution in [0.3, 0.4) is 0 Å². The van der Waals surface area contributed by atoms with Crippen molar-refractivity contribution in [1.82, 2.24) is 15.3 Å². The number of hydrogen-bond acceptors (Lipinski definition) is 4. The van der Waals surface area contributed by atoms with E-state index < -0.39 is 0 Å². The molecule has 5 heteroatoms. The van der Waals surface area contributed by atoms with E-state index in [9.17, 15) is 4.79 Å². The molecule has 0 aliphatic carbocycles. The number of nitrogens with zero attached hydrogens (tertiary/aromatic N) is 2. The lowest BCUT2D eigenvalue weighted by Gasteiger charge is -2.24. The zero-order valence-electron chi connectivity index (χ0n) is 12.2. The summed E-state index contributed by atoms with van der Waals surface area (Å²) >= 11 is 0. The van der Waals surface area contributed by atoms with Gasteiger partial charge < -0.3 is 11.1 Å². The van der Waals surface area contributed by atoms with Crippen LogP contribution < -0.4 is 11.1 Å². The van der Waals surface area contributed by atoms with Gasteiger partial charge in [-0.2, -0.15) is 0 Å². The molecule has 1 aromatic heterocycles. The molecule has 1 rings (SSSR count). The molecule has 0 aromatic carbocycles. The van der Waals surface area contributed by atoms with Gasteiger partial charge >= 0.3 is 0 Å². The lowest BCUT2D eigenvalue weighted by molar-refractivity contribution is -0.125. The molecule has 0 fully saturated rings. The van der Waals surface area contributed by atoms with E-state index in [-0.39, 0.29) is 17.2 Å². The van der Waals surface area contributed by atoms with Crippen LogP contribution in [0.5, 0.6) is 0 Å². The number of aromatic nitrogens is 2. The normalized spacial score (nSPS) is 13.1. The Kier molecular flexibility index (Phi) is 5.42. The van der Waals surface area contributed by atoms with Crippen LogP contribution in [-0.4, -0.2) is 22.4 Å². The highest BCUT2D eigenvalue weighted by Crippen LogP contribution is 2.23. The zero-order chi connectivity index (χ0) is 14.5. The van der Waals surface area contributed by atoms with Gasteiger partial charge in [0.05, 0.1) is 30.0 Å². The maximum absolute atomic E-state index is 12.1. The quantitative estimate of drug-likeness (QED) is 0.842. The van der Waals surface area contributed by atoms with Gasteiger partial charge in [0.15, 0.2) is 0 Å². The van der Waals surface area contributed by atoms with Crippen molar-refractivity contribution < 1.29 is 4.79 Å². The van der Waals surface area contributed by atoms with Crippen LogP contribution >= 0.6 is 0 Å². The van der Waals surface area contributed by atoms with Crippen LogP contribution in [0.25, 0.3) is 0 Å². The Hall–Kier alpha value is -1.49. The molecule has 106 valence electrons. The van der Waals surface area contributed by atoms with Gasteiger partial charge in [0.25, 0.3) is 0 Å². The predicted molar refractivity (Wildman–Crippen MR) is 75.2 cm³/mol. The molecule has 0 aliphatic rings. The van der Waals surface area contributed by atoms with Crippen LogP contribution in [0.1, 0.15) is 38.6 Å². The smallest absolute Gasteiger partial charge is 0.224 e. The Balaban J connectivity index is 2.51. The first-order valence-corrected chi connectivity index (χ1v) is 6.57. The molecule has 0 spiro atoms. The van der Waals surface area contributed by atoms with Crippen molar-refractivity contribution in [3.8, 4) is 0 Å². The van der Waals surface area contributed by atoms with Gasteiger partial charge in [0.2, 0.25) is 5.91 Å². The number of nitrogens with one attached hydrogen (secondary N) is 1. The molecule has 0 aliphatic heterocycles. The van der Waals surface area contributed by atoms with E-state index in [0.29, 0.717) is 13.1 Å². The van der Waals surface area contributed by atoms with Crippen molar-refractivity contribution in [2.45, 2.75) is 40.7 Å². The van der Waals surface area contributed by atoms with Gasteiger partial charge in [-0.1, -0.05) is 20.8 Å². The van der Waals surface area contributed by atoms with Crippen molar-refractivity contribution in [1.29, 1.82) is 0 Å². The summed E-state index contributed by atoms with van der Waals surface area (Å²) in [6.07, 6.45) is 4.14. The molecular weight excluding hydrogens is 240 g/mol. The largest absolute Gasteiger partial charge is 0.350 e. The molecular formula is C14H24N4O. The average molecular weight is 264 g/mol. The average Bonchev–Trinajstić information content (AvgIpc) is 2.34. The fourth-order valence-corrected chi connectivity index (χ4v) is 1.85. The lowest BCUT2D eigenvalue weighted by atomic mass is 9.84. The summed E-state index contributed by atoms with van der Waals surface area (Å²) in [7, 11) is 0. The van der Waals surface area contributed by atoms with E-state index in [1.54, 1.807) is 12.4 Å². The van der Waals surface area contributed by atoms with E-state index in [2.05, 4.69) is 36.1 Å². The number of hydrogen-bond donors (Lipinski definition) is 2. The fraction of sp³-hybridized carbons (Fsp3) is 0.643. The molecule has 0 saturated carbocycles. The first kappa shape index (κ1) is 15.6. The number of amides is 1. The van der Waals surface area contributed by atoms with E-state index in [0.717, 1.165) is 17.8 Å². The standard InChI is InChI=1S/C14H24N4O/c1-10-7-17-12(8-16-10)9-18-13(19)11(6-15)5-14(2,3)4/h7-8,11H,5-6,9,15H2,1-4H3,(H,18,19). The number of carbonyl (C=O) groups excluding carboxylic acids is 1. The van der Waals surface area contributed by atoms with Crippen molar-refractivity contribution in [2.24, 2.45) is 17.1 Å². The summed E-state index contributed by atoms with van der Waals surface area (Å²) in [6, 6.07) is 0. The first-order valence-electron chi connectivity index (χ1n) is 6.57. The molecule has 0 saturated heterocycles. The van der Waals surface area contributed by atoms with Gasteiger partial charge in [-0.15, -0.1) is 0 Å². The van der Waals surface area contributed by atoms with Gasteiger partial charge in [0.1, 0.15) is 0 Å². The van der Waals surface area contributed by atoms with Crippen molar-refractivity contribution in [3.05, 3.63) is 23.8 Å². The second-order valence-corrected chi connectivity index (χ2v) is 6.06. The SMILES string of the molecule is Cc1cnc(CNC(=O)C(CN)CC(C)(C)C)cn1. The van der Waals surface area contributed by atoms with Gasteiger partial charge in [0, 0.05) is 12.7 Å². The Morgan fingerprint density at radius 3 is 2.53 bits per heavy atom. The third-order valence-electron chi connectivity index (χ3n) is 2.79. The summed E-state index contributed by atoms with van der Waals surface area (Å²) in [5, 5.41) is 2.87. The molecule has 1 atom stereocenters. The molecule has 1 unspecified atom stereocenters. The van der Waals surface area contributed by atoms with Crippen LogP contribution in [0.4, 0.5) is 0 Å². The monoisotopic (exact) mass is 264 g/mol. The van der Waals surface area contributed by atoms with Crippen molar-refractivity contribution in [2.75, 3.05) is 6.54 Å². The van der Waals surface area contributed by atoms with Crippen LogP contribution in [0, 0.1) is 18.3 Å². The van der Waals surface area contributed by atoms with E-state index in [1.165, 1.54) is 0 Å². The van der Waals surface area contributed by atoms with E-state index in [1.807, 2.05) is 6.92 Å². The maximum Gasteiger partial charge on any atom is 0.224 e. The molecule has 1 amide bonds. The Labute approximate surface area is 115 Å². The third-order valence-corrected chi connectivity index (χ3v) is 2.79. The minimum absolute atomic E-state index is 0.0141. The van der Waals surface area contributed by atoms with E-state index in [4.69, 9.17) is 5.73 Å². The number of rotatable bonds is 5. The number of nitrogens with two attached hydrogens (primary N) is 1. The van der Waals surface area contributed by atoms with Crippen molar-refractivity contribution >= 4 is 5.91 Å². The Morgan fingerprint density at radius 2 is 2.05 bits per heavy atom. The van der Waals surface area contributed by atoms with Crippen LogP contribution in [0.2, 0.25) is 0 Å². The molecule has 0 radical (unpaired) electrons. The third kappa shape index (κ3) is 5.79. The highest BCUT2D eigenvalue weighted by atomic mass is 16.1. The summed E-state index contributed by atoms with van der Waals surface area (Å²) in [4.78, 5) is 20.4. The highest BCUT2D eigenvalue weighted by molar-refractivity contribution is 5.78.